The van der Waals surface area contributed by atoms with Crippen LogP contribution in [0.4, 0.5) is 11.5 Å². The lowest BCUT2D eigenvalue weighted by atomic mass is 10.3. The van der Waals surface area contributed by atoms with Crippen LogP contribution in [0.25, 0.3) is 0 Å². The molecule has 0 saturated carbocycles. The van der Waals surface area contributed by atoms with E-state index in [1.54, 1.807) is 12.1 Å². The summed E-state index contributed by atoms with van der Waals surface area (Å²) in [7, 11) is 0. The molecule has 110 valence electrons. The van der Waals surface area contributed by atoms with Crippen molar-refractivity contribution in [3.8, 4) is 5.75 Å². The van der Waals surface area contributed by atoms with Crippen molar-refractivity contribution < 1.29 is 9.66 Å². The maximum absolute atomic E-state index is 10.9. The van der Waals surface area contributed by atoms with E-state index in [9.17, 15) is 10.1 Å². The molecule has 1 N–H and O–H groups in total. The summed E-state index contributed by atoms with van der Waals surface area (Å²) in [6.45, 7) is 3.01. The average Bonchev–Trinajstić information content (AvgIpc) is 2.46. The first-order chi connectivity index (χ1) is 10.1. The van der Waals surface area contributed by atoms with Crippen molar-refractivity contribution in [1.82, 2.24) is 4.98 Å². The number of pyridine rings is 1. The summed E-state index contributed by atoms with van der Waals surface area (Å²) < 4.78 is 5.94. The third-order valence-electron chi connectivity index (χ3n) is 2.68. The first kappa shape index (κ1) is 15.2. The Morgan fingerprint density at radius 1 is 1.33 bits per heavy atom. The van der Waals surface area contributed by atoms with Crippen LogP contribution in [0.2, 0.25) is 0 Å². The average molecular weight is 352 g/mol. The molecule has 7 heteroatoms. The lowest BCUT2D eigenvalue weighted by molar-refractivity contribution is -0.385. The molecule has 0 aliphatic rings. The minimum absolute atomic E-state index is 0.0261. The normalized spacial score (nSPS) is 10.2. The predicted molar refractivity (Wildman–Crippen MR) is 83.5 cm³/mol. The summed E-state index contributed by atoms with van der Waals surface area (Å²) in [6, 6.07) is 10.3. The molecule has 0 aliphatic carbocycles. The van der Waals surface area contributed by atoms with Crippen LogP contribution in [-0.4, -0.2) is 16.5 Å². The summed E-state index contributed by atoms with van der Waals surface area (Å²) in [5.74, 6) is 1.19. The quantitative estimate of drug-likeness (QED) is 0.633. The van der Waals surface area contributed by atoms with Crippen molar-refractivity contribution >= 4 is 27.4 Å². The summed E-state index contributed by atoms with van der Waals surface area (Å²) in [5.41, 5.74) is 0.716. The van der Waals surface area contributed by atoms with Crippen LogP contribution in [-0.2, 0) is 6.61 Å². The van der Waals surface area contributed by atoms with Gasteiger partial charge in [-0.2, -0.15) is 0 Å². The number of halogens is 1. The minimum atomic E-state index is -0.457. The molecular formula is C14H14BrN3O3. The fourth-order valence-electron chi connectivity index (χ4n) is 1.74. The molecule has 1 heterocycles. The molecular weight excluding hydrogens is 338 g/mol. The number of anilines is 1. The number of hydrogen-bond acceptors (Lipinski definition) is 5. The molecule has 0 saturated heterocycles. The summed E-state index contributed by atoms with van der Waals surface area (Å²) >= 11 is 3.20. The number of rotatable bonds is 6. The SMILES string of the molecule is CCNc1cccc(COc2cccc([N+](=O)[O-])c2Br)n1. The molecule has 0 fully saturated rings. The van der Waals surface area contributed by atoms with Crippen LogP contribution in [0.5, 0.6) is 5.75 Å². The van der Waals surface area contributed by atoms with Gasteiger partial charge in [-0.05, 0) is 41.1 Å². The number of nitro benzene ring substituents is 1. The van der Waals surface area contributed by atoms with E-state index in [0.29, 0.717) is 10.2 Å². The van der Waals surface area contributed by atoms with Gasteiger partial charge in [-0.3, -0.25) is 10.1 Å². The molecule has 21 heavy (non-hydrogen) atoms. The number of nitrogens with one attached hydrogen (secondary N) is 1. The van der Waals surface area contributed by atoms with Crippen molar-refractivity contribution in [2.75, 3.05) is 11.9 Å². The Labute approximate surface area is 130 Å². The smallest absolute Gasteiger partial charge is 0.287 e. The monoisotopic (exact) mass is 351 g/mol. The van der Waals surface area contributed by atoms with Crippen molar-refractivity contribution in [2.24, 2.45) is 0 Å². The third-order valence-corrected chi connectivity index (χ3v) is 3.48. The van der Waals surface area contributed by atoms with Gasteiger partial charge >= 0.3 is 0 Å². The van der Waals surface area contributed by atoms with E-state index in [4.69, 9.17) is 4.74 Å². The summed E-state index contributed by atoms with van der Waals surface area (Å²) in [6.07, 6.45) is 0. The van der Waals surface area contributed by atoms with E-state index >= 15 is 0 Å². The van der Waals surface area contributed by atoms with Gasteiger partial charge in [0.25, 0.3) is 5.69 Å². The Bertz CT molecular complexity index is 649. The highest BCUT2D eigenvalue weighted by Crippen LogP contribution is 2.34. The van der Waals surface area contributed by atoms with Gasteiger partial charge in [-0.25, -0.2) is 4.98 Å². The molecule has 1 aromatic carbocycles. The maximum atomic E-state index is 10.9. The first-order valence-electron chi connectivity index (χ1n) is 6.37. The molecule has 0 atom stereocenters. The number of benzene rings is 1. The topological polar surface area (TPSA) is 77.3 Å². The van der Waals surface area contributed by atoms with Gasteiger partial charge < -0.3 is 10.1 Å². The number of ether oxygens (including phenoxy) is 1. The second-order valence-electron chi connectivity index (χ2n) is 4.18. The van der Waals surface area contributed by atoms with Gasteiger partial charge in [-0.1, -0.05) is 12.1 Å². The zero-order chi connectivity index (χ0) is 15.2. The van der Waals surface area contributed by atoms with Crippen molar-refractivity contribution in [2.45, 2.75) is 13.5 Å². The van der Waals surface area contributed by atoms with E-state index in [1.807, 2.05) is 25.1 Å². The molecule has 0 amide bonds. The van der Waals surface area contributed by atoms with Gasteiger partial charge in [0, 0.05) is 12.6 Å². The Morgan fingerprint density at radius 2 is 2.10 bits per heavy atom. The van der Waals surface area contributed by atoms with Gasteiger partial charge in [0.1, 0.15) is 22.6 Å². The highest BCUT2D eigenvalue weighted by molar-refractivity contribution is 9.10. The van der Waals surface area contributed by atoms with Gasteiger partial charge in [0.15, 0.2) is 0 Å². The third kappa shape index (κ3) is 3.91. The minimum Gasteiger partial charge on any atom is -0.486 e. The fourth-order valence-corrected chi connectivity index (χ4v) is 2.27. The first-order valence-corrected chi connectivity index (χ1v) is 7.16. The van der Waals surface area contributed by atoms with Crippen LogP contribution in [0.3, 0.4) is 0 Å². The molecule has 2 aromatic rings. The predicted octanol–water partition coefficient (Wildman–Crippen LogP) is 3.76. The number of hydrogen-bond donors (Lipinski definition) is 1. The van der Waals surface area contributed by atoms with Crippen LogP contribution < -0.4 is 10.1 Å². The Morgan fingerprint density at radius 3 is 2.81 bits per heavy atom. The van der Waals surface area contributed by atoms with Crippen molar-refractivity contribution in [3.05, 3.63) is 56.7 Å². The van der Waals surface area contributed by atoms with E-state index in [-0.39, 0.29) is 12.3 Å². The van der Waals surface area contributed by atoms with Crippen LogP contribution in [0, 0.1) is 10.1 Å². The zero-order valence-electron chi connectivity index (χ0n) is 11.4. The number of aromatic nitrogens is 1. The lowest BCUT2D eigenvalue weighted by Crippen LogP contribution is -2.04. The Kier molecular flexibility index (Phi) is 5.10. The second kappa shape index (κ2) is 7.03. The van der Waals surface area contributed by atoms with Crippen LogP contribution in [0.1, 0.15) is 12.6 Å². The molecule has 0 bridgehead atoms. The highest BCUT2D eigenvalue weighted by Gasteiger charge is 2.15. The van der Waals surface area contributed by atoms with E-state index in [2.05, 4.69) is 26.2 Å². The highest BCUT2D eigenvalue weighted by atomic mass is 79.9. The molecule has 0 unspecified atom stereocenters. The standard InChI is InChI=1S/C14H14BrN3O3/c1-2-16-13-8-3-5-10(17-13)9-21-12-7-4-6-11(14(12)15)18(19)20/h3-8H,2,9H2,1H3,(H,16,17). The van der Waals surface area contributed by atoms with Gasteiger partial charge in [0.05, 0.1) is 10.6 Å². The van der Waals surface area contributed by atoms with Crippen molar-refractivity contribution in [1.29, 1.82) is 0 Å². The van der Waals surface area contributed by atoms with Crippen LogP contribution in [0.15, 0.2) is 40.9 Å². The van der Waals surface area contributed by atoms with Gasteiger partial charge in [0.2, 0.25) is 0 Å². The van der Waals surface area contributed by atoms with E-state index in [1.165, 1.54) is 6.07 Å². The molecule has 0 spiro atoms. The summed E-state index contributed by atoms with van der Waals surface area (Å²) in [5, 5.41) is 14.0. The van der Waals surface area contributed by atoms with E-state index in [0.717, 1.165) is 18.1 Å². The second-order valence-corrected chi connectivity index (χ2v) is 4.97. The van der Waals surface area contributed by atoms with E-state index < -0.39 is 4.92 Å². The molecule has 0 aliphatic heterocycles. The number of nitrogens with zero attached hydrogens (tertiary/aromatic N) is 2. The zero-order valence-corrected chi connectivity index (χ0v) is 13.0. The van der Waals surface area contributed by atoms with Crippen molar-refractivity contribution in [3.63, 3.8) is 0 Å². The molecule has 0 radical (unpaired) electrons. The molecule has 1 aromatic heterocycles. The number of nitro groups is 1. The largest absolute Gasteiger partial charge is 0.486 e. The Hall–Kier alpha value is -2.15. The molecule has 2 rings (SSSR count). The summed E-state index contributed by atoms with van der Waals surface area (Å²) in [4.78, 5) is 14.8. The van der Waals surface area contributed by atoms with Crippen LogP contribution >= 0.6 is 15.9 Å². The fraction of sp³-hybridized carbons (Fsp3) is 0.214. The molecule has 6 nitrogen and oxygen atoms in total. The lowest BCUT2D eigenvalue weighted by Gasteiger charge is -2.09. The van der Waals surface area contributed by atoms with Gasteiger partial charge in [-0.15, -0.1) is 0 Å². The Balaban J connectivity index is 2.11. The maximum Gasteiger partial charge on any atom is 0.287 e.